The third-order valence-corrected chi connectivity index (χ3v) is 1.59. The molecule has 0 aromatic carbocycles. The van der Waals surface area contributed by atoms with E-state index in [-0.39, 0.29) is 6.04 Å². The van der Waals surface area contributed by atoms with Gasteiger partial charge in [-0.25, -0.2) is 4.98 Å². The van der Waals surface area contributed by atoms with Crippen LogP contribution in [-0.4, -0.2) is 12.0 Å². The second-order valence-electron chi connectivity index (χ2n) is 2.37. The topological polar surface area (TPSA) is 50.9 Å². The number of hydrogen-bond acceptors (Lipinski definition) is 3. The van der Waals surface area contributed by atoms with Crippen LogP contribution in [-0.2, 0) is 0 Å². The van der Waals surface area contributed by atoms with Crippen molar-refractivity contribution in [1.29, 1.82) is 0 Å². The Morgan fingerprint density at radius 1 is 1.82 bits per heavy atom. The molecular weight excluding hydrogens is 138 g/mol. The molecule has 3 heteroatoms. The number of hydrogen-bond donors (Lipinski definition) is 2. The molecule has 0 aliphatic rings. The van der Waals surface area contributed by atoms with E-state index in [1.165, 1.54) is 0 Å². The van der Waals surface area contributed by atoms with Crippen molar-refractivity contribution < 1.29 is 2.74 Å². The van der Waals surface area contributed by atoms with Crippen molar-refractivity contribution in [2.45, 2.75) is 13.0 Å². The molecule has 3 N–H and O–H groups in total. The Labute approximate surface area is 69.4 Å². The zero-order valence-corrected chi connectivity index (χ0v) is 6.41. The van der Waals surface area contributed by atoms with Crippen LogP contribution in [0.2, 0.25) is 0 Å². The predicted molar refractivity (Wildman–Crippen MR) is 46.1 cm³/mol. The highest BCUT2D eigenvalue weighted by molar-refractivity contribution is 5.40. The smallest absolute Gasteiger partial charge is 0.128 e. The maximum Gasteiger partial charge on any atom is 0.128 e. The molecule has 3 nitrogen and oxygen atoms in total. The Morgan fingerprint density at radius 3 is 3.27 bits per heavy atom. The van der Waals surface area contributed by atoms with Crippen molar-refractivity contribution in [1.82, 2.24) is 10.3 Å². The monoisotopic (exact) mass is 153 g/mol. The number of anilines is 1. The van der Waals surface area contributed by atoms with Crippen LogP contribution in [0.5, 0.6) is 0 Å². The molecule has 0 unspecified atom stereocenters. The third kappa shape index (κ3) is 1.68. The van der Waals surface area contributed by atoms with Gasteiger partial charge in [-0.1, -0.05) is 6.07 Å². The lowest BCUT2D eigenvalue weighted by molar-refractivity contribution is 0.652. The molecule has 0 spiro atoms. The minimum Gasteiger partial charge on any atom is -0.383 e. The molecule has 1 atom stereocenters. The molecule has 60 valence electrons. The van der Waals surface area contributed by atoms with Crippen molar-refractivity contribution in [3.05, 3.63) is 23.9 Å². The molecular formula is C8H13N3. The van der Waals surface area contributed by atoms with Gasteiger partial charge in [0.1, 0.15) is 5.82 Å². The fourth-order valence-electron chi connectivity index (χ4n) is 0.886. The van der Waals surface area contributed by atoms with Crippen LogP contribution in [0.25, 0.3) is 0 Å². The quantitative estimate of drug-likeness (QED) is 0.665. The van der Waals surface area contributed by atoms with Crippen molar-refractivity contribution >= 4 is 5.82 Å². The van der Waals surface area contributed by atoms with Gasteiger partial charge in [0.2, 0.25) is 0 Å². The highest BCUT2D eigenvalue weighted by atomic mass is 14.9. The summed E-state index contributed by atoms with van der Waals surface area (Å²) in [6.07, 6.45) is 1.62. The second-order valence-corrected chi connectivity index (χ2v) is 2.37. The summed E-state index contributed by atoms with van der Waals surface area (Å²) < 4.78 is 14.0. The maximum atomic E-state index is 7.02. The molecule has 0 bridgehead atoms. The van der Waals surface area contributed by atoms with Crippen LogP contribution in [0.1, 0.15) is 21.3 Å². The normalized spacial score (nSPS) is 15.8. The largest absolute Gasteiger partial charge is 0.383 e. The van der Waals surface area contributed by atoms with E-state index in [1.54, 1.807) is 12.3 Å². The van der Waals surface area contributed by atoms with E-state index < -0.39 is 7.00 Å². The average molecular weight is 153 g/mol. The Kier molecular flexibility index (Phi) is 1.69. The number of rotatable bonds is 2. The van der Waals surface area contributed by atoms with Gasteiger partial charge in [0.25, 0.3) is 0 Å². The lowest BCUT2D eigenvalue weighted by Gasteiger charge is -2.11. The molecule has 0 radical (unpaired) electrons. The second kappa shape index (κ2) is 3.34. The Bertz CT molecular complexity index is 278. The summed E-state index contributed by atoms with van der Waals surface area (Å²) in [5, 5.41) is 2.71. The summed E-state index contributed by atoms with van der Waals surface area (Å²) in [7, 11) is 0. The van der Waals surface area contributed by atoms with Crippen LogP contribution in [0.3, 0.4) is 0 Å². The van der Waals surface area contributed by atoms with Gasteiger partial charge in [0.15, 0.2) is 0 Å². The molecule has 1 aromatic heterocycles. The fraction of sp³-hybridized carbons (Fsp3) is 0.375. The van der Waals surface area contributed by atoms with Crippen molar-refractivity contribution in [3.63, 3.8) is 0 Å². The molecule has 0 aliphatic carbocycles. The first-order chi connectivity index (χ1) is 6.11. The highest BCUT2D eigenvalue weighted by Crippen LogP contribution is 2.15. The highest BCUT2D eigenvalue weighted by Gasteiger charge is 2.05. The van der Waals surface area contributed by atoms with Gasteiger partial charge >= 0.3 is 0 Å². The van der Waals surface area contributed by atoms with Crippen molar-refractivity contribution in [2.75, 3.05) is 12.7 Å². The molecule has 0 saturated carbocycles. The predicted octanol–water partition coefficient (Wildman–Crippen LogP) is 0.944. The molecule has 1 rings (SSSR count). The van der Waals surface area contributed by atoms with E-state index in [4.69, 9.17) is 8.48 Å². The number of pyridine rings is 1. The SMILES string of the molecule is [2H]C([2H])N[C@H](C)c1cccnc1N. The Morgan fingerprint density at radius 2 is 2.64 bits per heavy atom. The van der Waals surface area contributed by atoms with E-state index in [2.05, 4.69) is 10.3 Å². The van der Waals surface area contributed by atoms with E-state index in [0.29, 0.717) is 5.82 Å². The minimum atomic E-state index is -1.05. The average Bonchev–Trinajstić information content (AvgIpc) is 2.03. The lowest BCUT2D eigenvalue weighted by atomic mass is 10.1. The summed E-state index contributed by atoms with van der Waals surface area (Å²) in [5.74, 6) is 0.447. The fourth-order valence-corrected chi connectivity index (χ4v) is 0.886. The van der Waals surface area contributed by atoms with Crippen LogP contribution in [0.4, 0.5) is 5.82 Å². The summed E-state index contributed by atoms with van der Waals surface area (Å²) >= 11 is 0. The van der Waals surface area contributed by atoms with Gasteiger partial charge in [0, 0.05) is 20.5 Å². The van der Waals surface area contributed by atoms with E-state index >= 15 is 0 Å². The van der Waals surface area contributed by atoms with Gasteiger partial charge in [-0.2, -0.15) is 0 Å². The van der Waals surface area contributed by atoms with Crippen LogP contribution in [0.15, 0.2) is 18.3 Å². The van der Waals surface area contributed by atoms with Gasteiger partial charge in [-0.15, -0.1) is 0 Å². The number of nitrogens with one attached hydrogen (secondary N) is 1. The summed E-state index contributed by atoms with van der Waals surface area (Å²) in [6.45, 7) is 0.804. The van der Waals surface area contributed by atoms with Gasteiger partial charge in [-0.05, 0) is 20.0 Å². The molecule has 0 saturated heterocycles. The molecule has 11 heavy (non-hydrogen) atoms. The molecule has 1 heterocycles. The number of nitrogen functional groups attached to an aromatic ring is 1. The molecule has 0 fully saturated rings. The Hall–Kier alpha value is -1.09. The van der Waals surface area contributed by atoms with E-state index in [0.717, 1.165) is 5.56 Å². The molecule has 1 aromatic rings. The first kappa shape index (κ1) is 5.55. The maximum absolute atomic E-state index is 7.02. The van der Waals surface area contributed by atoms with Crippen LogP contribution in [0, 0.1) is 0 Å². The summed E-state index contributed by atoms with van der Waals surface area (Å²) in [5.41, 5.74) is 6.45. The standard InChI is InChI=1S/C8H13N3/c1-6(10-2)7-4-3-5-11-8(7)9/h3-6,10H,1-2H3,(H2,9,11)/t6-/m1/s1/i2D2. The van der Waals surface area contributed by atoms with Crippen LogP contribution >= 0.6 is 0 Å². The summed E-state index contributed by atoms with van der Waals surface area (Å²) in [6, 6.07) is 3.50. The van der Waals surface area contributed by atoms with E-state index in [1.807, 2.05) is 13.0 Å². The van der Waals surface area contributed by atoms with E-state index in [9.17, 15) is 0 Å². The number of aromatic nitrogens is 1. The van der Waals surface area contributed by atoms with Crippen LogP contribution < -0.4 is 11.1 Å². The minimum absolute atomic E-state index is 0.117. The zero-order valence-electron chi connectivity index (χ0n) is 8.41. The number of nitrogens with two attached hydrogens (primary N) is 1. The van der Waals surface area contributed by atoms with Gasteiger partial charge in [0.05, 0.1) is 0 Å². The first-order valence-corrected chi connectivity index (χ1v) is 3.42. The third-order valence-electron chi connectivity index (χ3n) is 1.59. The van der Waals surface area contributed by atoms with Gasteiger partial charge in [-0.3, -0.25) is 0 Å². The van der Waals surface area contributed by atoms with Gasteiger partial charge < -0.3 is 11.1 Å². The molecule has 0 aliphatic heterocycles. The first-order valence-electron chi connectivity index (χ1n) is 4.57. The van der Waals surface area contributed by atoms with Crippen molar-refractivity contribution in [2.24, 2.45) is 0 Å². The van der Waals surface area contributed by atoms with Crippen molar-refractivity contribution in [3.8, 4) is 0 Å². The lowest BCUT2D eigenvalue weighted by Crippen LogP contribution is -2.14. The molecule has 0 amide bonds. The Balaban J connectivity index is 2.76. The zero-order chi connectivity index (χ0) is 9.84. The number of nitrogens with zero attached hydrogens (tertiary/aromatic N) is 1. The summed E-state index contributed by atoms with van der Waals surface area (Å²) in [4.78, 5) is 3.92.